The van der Waals surface area contributed by atoms with E-state index in [-0.39, 0.29) is 5.91 Å². The zero-order valence-corrected chi connectivity index (χ0v) is 14.4. The zero-order chi connectivity index (χ0) is 17.5. The van der Waals surface area contributed by atoms with Gasteiger partial charge in [-0.05, 0) is 54.8 Å². The molecule has 0 radical (unpaired) electrons. The van der Waals surface area contributed by atoms with Crippen molar-refractivity contribution in [3.05, 3.63) is 58.6 Å². The fourth-order valence-electron chi connectivity index (χ4n) is 2.20. The number of benzene rings is 2. The number of rotatable bonds is 6. The molecule has 0 aromatic heterocycles. The summed E-state index contributed by atoms with van der Waals surface area (Å²) in [6.07, 6.45) is 0.301. The number of anilines is 1. The number of hydrogen-bond acceptors (Lipinski definition) is 3. The van der Waals surface area contributed by atoms with Crippen molar-refractivity contribution in [2.75, 3.05) is 5.32 Å². The number of carbonyl (C=O) groups excluding carboxylic acids is 1. The van der Waals surface area contributed by atoms with Gasteiger partial charge in [0.25, 0.3) is 5.91 Å². The van der Waals surface area contributed by atoms with Crippen LogP contribution in [0.25, 0.3) is 0 Å². The molecule has 2 rings (SSSR count). The maximum absolute atomic E-state index is 12.4. The van der Waals surface area contributed by atoms with Gasteiger partial charge in [0.2, 0.25) is 0 Å². The molecule has 0 heterocycles. The SMILES string of the molecule is CCC(Oc1ccc(Cl)c(C)c1)C(=O)Nc1ccc(CC#N)cc1. The van der Waals surface area contributed by atoms with Crippen molar-refractivity contribution in [1.29, 1.82) is 5.26 Å². The van der Waals surface area contributed by atoms with E-state index in [1.54, 1.807) is 24.3 Å². The molecule has 0 bridgehead atoms. The van der Waals surface area contributed by atoms with Crippen LogP contribution in [0, 0.1) is 18.3 Å². The molecule has 2 aromatic rings. The van der Waals surface area contributed by atoms with Crippen molar-refractivity contribution in [2.24, 2.45) is 0 Å². The molecular formula is C19H19ClN2O2. The predicted molar refractivity (Wildman–Crippen MR) is 95.3 cm³/mol. The molecule has 1 atom stereocenters. The van der Waals surface area contributed by atoms with Crippen LogP contribution in [0.15, 0.2) is 42.5 Å². The highest BCUT2D eigenvalue weighted by Gasteiger charge is 2.18. The molecule has 1 N–H and O–H groups in total. The first kappa shape index (κ1) is 17.8. The Kier molecular flexibility index (Phi) is 6.22. The lowest BCUT2D eigenvalue weighted by Crippen LogP contribution is -2.32. The minimum atomic E-state index is -0.593. The van der Waals surface area contributed by atoms with Crippen molar-refractivity contribution in [3.63, 3.8) is 0 Å². The van der Waals surface area contributed by atoms with E-state index >= 15 is 0 Å². The van der Waals surface area contributed by atoms with E-state index in [4.69, 9.17) is 21.6 Å². The van der Waals surface area contributed by atoms with Crippen LogP contribution in [0.3, 0.4) is 0 Å². The Morgan fingerprint density at radius 1 is 1.29 bits per heavy atom. The number of ether oxygens (including phenoxy) is 1. The minimum Gasteiger partial charge on any atom is -0.481 e. The van der Waals surface area contributed by atoms with Gasteiger partial charge in [0.15, 0.2) is 6.10 Å². The standard InChI is InChI=1S/C19H19ClN2O2/c1-3-18(24-16-8-9-17(20)13(2)12-16)19(23)22-15-6-4-14(5-7-15)10-11-21/h4-9,12,18H,3,10H2,1-2H3,(H,22,23). The Labute approximate surface area is 147 Å². The van der Waals surface area contributed by atoms with Gasteiger partial charge in [-0.25, -0.2) is 0 Å². The predicted octanol–water partition coefficient (Wildman–Crippen LogP) is 4.51. The second kappa shape index (κ2) is 8.37. The molecule has 124 valence electrons. The number of aryl methyl sites for hydroxylation is 1. The number of amides is 1. The van der Waals surface area contributed by atoms with Gasteiger partial charge in [-0.3, -0.25) is 4.79 Å². The van der Waals surface area contributed by atoms with Crippen LogP contribution >= 0.6 is 11.6 Å². The van der Waals surface area contributed by atoms with Crippen LogP contribution < -0.4 is 10.1 Å². The minimum absolute atomic E-state index is 0.210. The molecule has 0 saturated carbocycles. The Morgan fingerprint density at radius 3 is 2.58 bits per heavy atom. The molecular weight excluding hydrogens is 324 g/mol. The summed E-state index contributed by atoms with van der Waals surface area (Å²) >= 11 is 6.00. The van der Waals surface area contributed by atoms with Gasteiger partial charge in [0.05, 0.1) is 12.5 Å². The summed E-state index contributed by atoms with van der Waals surface area (Å²) in [7, 11) is 0. The molecule has 0 aliphatic heterocycles. The third-order valence-electron chi connectivity index (χ3n) is 3.58. The molecule has 5 heteroatoms. The first-order chi connectivity index (χ1) is 11.5. The molecule has 0 fully saturated rings. The quantitative estimate of drug-likeness (QED) is 0.840. The van der Waals surface area contributed by atoms with Crippen LogP contribution in [-0.2, 0) is 11.2 Å². The summed E-state index contributed by atoms with van der Waals surface area (Å²) in [5.41, 5.74) is 2.49. The summed E-state index contributed by atoms with van der Waals surface area (Å²) < 4.78 is 5.78. The largest absolute Gasteiger partial charge is 0.481 e. The average Bonchev–Trinajstić information content (AvgIpc) is 2.57. The number of hydrogen-bond donors (Lipinski definition) is 1. The third-order valence-corrected chi connectivity index (χ3v) is 4.00. The molecule has 1 unspecified atom stereocenters. The number of nitrogens with one attached hydrogen (secondary N) is 1. The number of nitriles is 1. The summed E-state index contributed by atoms with van der Waals surface area (Å²) in [6.45, 7) is 3.78. The van der Waals surface area contributed by atoms with E-state index in [1.165, 1.54) is 0 Å². The van der Waals surface area contributed by atoms with E-state index in [0.717, 1.165) is 11.1 Å². The maximum Gasteiger partial charge on any atom is 0.265 e. The summed E-state index contributed by atoms with van der Waals surface area (Å²) in [4.78, 5) is 12.4. The van der Waals surface area contributed by atoms with Crippen LogP contribution in [-0.4, -0.2) is 12.0 Å². The topological polar surface area (TPSA) is 62.1 Å². The number of carbonyl (C=O) groups is 1. The van der Waals surface area contributed by atoms with Gasteiger partial charge in [-0.1, -0.05) is 30.7 Å². The van der Waals surface area contributed by atoms with Gasteiger partial charge in [-0.15, -0.1) is 0 Å². The highest BCUT2D eigenvalue weighted by molar-refractivity contribution is 6.31. The lowest BCUT2D eigenvalue weighted by atomic mass is 10.1. The molecule has 0 aliphatic carbocycles. The second-order valence-electron chi connectivity index (χ2n) is 5.45. The van der Waals surface area contributed by atoms with Gasteiger partial charge >= 0.3 is 0 Å². The summed E-state index contributed by atoms with van der Waals surface area (Å²) in [6, 6.07) is 14.6. The van der Waals surface area contributed by atoms with Crippen LogP contribution in [0.5, 0.6) is 5.75 Å². The van der Waals surface area contributed by atoms with Crippen LogP contribution in [0.2, 0.25) is 5.02 Å². The van der Waals surface area contributed by atoms with Gasteiger partial charge in [0.1, 0.15) is 5.75 Å². The van der Waals surface area contributed by atoms with E-state index < -0.39 is 6.10 Å². The van der Waals surface area contributed by atoms with Crippen molar-refractivity contribution >= 4 is 23.2 Å². The molecule has 1 amide bonds. The number of halogens is 1. The molecule has 0 aliphatic rings. The normalized spacial score (nSPS) is 11.4. The monoisotopic (exact) mass is 342 g/mol. The molecule has 0 saturated heterocycles. The Bertz CT molecular complexity index is 751. The first-order valence-electron chi connectivity index (χ1n) is 7.73. The first-order valence-corrected chi connectivity index (χ1v) is 8.11. The Morgan fingerprint density at radius 2 is 2.00 bits per heavy atom. The van der Waals surface area contributed by atoms with Gasteiger partial charge in [0, 0.05) is 10.7 Å². The summed E-state index contributed by atoms with van der Waals surface area (Å²) in [5, 5.41) is 12.2. The zero-order valence-electron chi connectivity index (χ0n) is 13.7. The van der Waals surface area contributed by atoms with Crippen LogP contribution in [0.1, 0.15) is 24.5 Å². The van der Waals surface area contributed by atoms with Gasteiger partial charge < -0.3 is 10.1 Å². The Balaban J connectivity index is 2.02. The third kappa shape index (κ3) is 4.74. The molecule has 2 aromatic carbocycles. The molecule has 4 nitrogen and oxygen atoms in total. The molecule has 24 heavy (non-hydrogen) atoms. The van der Waals surface area contributed by atoms with E-state index in [2.05, 4.69) is 11.4 Å². The fraction of sp³-hybridized carbons (Fsp3) is 0.263. The lowest BCUT2D eigenvalue weighted by Gasteiger charge is -2.18. The lowest BCUT2D eigenvalue weighted by molar-refractivity contribution is -0.122. The maximum atomic E-state index is 12.4. The Hall–Kier alpha value is -2.51. The number of nitrogens with zero attached hydrogens (tertiary/aromatic N) is 1. The summed E-state index contributed by atoms with van der Waals surface area (Å²) in [5.74, 6) is 0.404. The van der Waals surface area contributed by atoms with E-state index in [1.807, 2.05) is 32.0 Å². The van der Waals surface area contributed by atoms with Crippen molar-refractivity contribution in [2.45, 2.75) is 32.8 Å². The van der Waals surface area contributed by atoms with Crippen molar-refractivity contribution in [3.8, 4) is 11.8 Å². The highest BCUT2D eigenvalue weighted by Crippen LogP contribution is 2.22. The average molecular weight is 343 g/mol. The van der Waals surface area contributed by atoms with Gasteiger partial charge in [-0.2, -0.15) is 5.26 Å². The second-order valence-corrected chi connectivity index (χ2v) is 5.85. The molecule has 0 spiro atoms. The van der Waals surface area contributed by atoms with Crippen molar-refractivity contribution < 1.29 is 9.53 Å². The van der Waals surface area contributed by atoms with E-state index in [9.17, 15) is 4.79 Å². The highest BCUT2D eigenvalue weighted by atomic mass is 35.5. The van der Waals surface area contributed by atoms with Crippen LogP contribution in [0.4, 0.5) is 5.69 Å². The smallest absolute Gasteiger partial charge is 0.265 e. The van der Waals surface area contributed by atoms with Crippen molar-refractivity contribution in [1.82, 2.24) is 0 Å². The van der Waals surface area contributed by atoms with E-state index in [0.29, 0.717) is 29.3 Å². The fourth-order valence-corrected chi connectivity index (χ4v) is 2.31.